The molecule has 2 aromatic carbocycles. The van der Waals surface area contributed by atoms with E-state index >= 15 is 0 Å². The van der Waals surface area contributed by atoms with Crippen LogP contribution in [0.3, 0.4) is 0 Å². The Balaban J connectivity index is 1.87. The minimum Gasteiger partial charge on any atom is -0.374 e. The van der Waals surface area contributed by atoms with Gasteiger partial charge in [-0.25, -0.2) is 0 Å². The van der Waals surface area contributed by atoms with Gasteiger partial charge in [0.25, 0.3) is 11.5 Å². The number of oxime groups is 1. The van der Waals surface area contributed by atoms with Gasteiger partial charge in [0.05, 0.1) is 5.71 Å². The smallest absolute Gasteiger partial charge is 0.374 e. The molecule has 0 saturated heterocycles. The molecule has 3 amide bonds. The zero-order chi connectivity index (χ0) is 30.0. The average Bonchev–Trinajstić information content (AvgIpc) is 3.31. The van der Waals surface area contributed by atoms with E-state index in [0.717, 1.165) is 0 Å². The summed E-state index contributed by atoms with van der Waals surface area (Å²) in [5, 5.41) is 5.34. The second-order valence-corrected chi connectivity index (χ2v) is 9.57. The third-order valence-electron chi connectivity index (χ3n) is 6.30. The molecule has 0 aliphatic carbocycles. The average molecular weight is 572 g/mol. The van der Waals surface area contributed by atoms with Crippen molar-refractivity contribution >= 4 is 23.4 Å². The lowest BCUT2D eigenvalue weighted by molar-refractivity contribution is -0.275. The monoisotopic (exact) mass is 571 g/mol. The molecule has 1 atom stereocenters. The number of amides is 3. The molecule has 13 heteroatoms. The van der Waals surface area contributed by atoms with Crippen molar-refractivity contribution in [1.82, 2.24) is 10.2 Å². The van der Waals surface area contributed by atoms with E-state index in [4.69, 9.17) is 4.84 Å². The number of hydrogen-bond donors (Lipinski definition) is 1. The Bertz CT molecular complexity index is 1330. The molecular weight excluding hydrogens is 544 g/mol. The lowest BCUT2D eigenvalue weighted by atomic mass is 9.85. The Morgan fingerprint density at radius 2 is 1.62 bits per heavy atom. The number of hydrogen-bond acceptors (Lipinski definition) is 5. The molecule has 0 radical (unpaired) electrons. The maximum Gasteiger partial charge on any atom is 0.435 e. The quantitative estimate of drug-likeness (QED) is 0.460. The van der Waals surface area contributed by atoms with Crippen LogP contribution in [0.1, 0.15) is 57.9 Å². The van der Waals surface area contributed by atoms with Gasteiger partial charge in [0.2, 0.25) is 11.8 Å². The Hall–Kier alpha value is -3.90. The molecule has 3 rings (SSSR count). The molecule has 1 aliphatic rings. The second kappa shape index (κ2) is 11.3. The fraction of sp³-hybridized carbons (Fsp3) is 0.407. The summed E-state index contributed by atoms with van der Waals surface area (Å²) in [7, 11) is 0. The standard InChI is InChI=1S/C27H27F6N3O4/c1-5-23(38)36(13-22(37)34-14-26(28,29)30)24(39)20-7-6-18(11-17(20)4)21-12-25(40-35-21,27(31,32)33)19-9-15(2)8-16(3)10-19/h6-11H,5,12-14H2,1-4H3,(H,34,37). The first-order chi connectivity index (χ1) is 18.5. The highest BCUT2D eigenvalue weighted by atomic mass is 19.4. The number of carbonyl (C=O) groups excluding carboxylic acids is 3. The van der Waals surface area contributed by atoms with E-state index in [1.165, 1.54) is 44.2 Å². The maximum absolute atomic E-state index is 14.4. The number of imide groups is 1. The molecule has 1 aliphatic heterocycles. The minimum absolute atomic E-state index is 0.0217. The Kier molecular flexibility index (Phi) is 8.66. The second-order valence-electron chi connectivity index (χ2n) is 9.57. The normalized spacial score (nSPS) is 17.2. The summed E-state index contributed by atoms with van der Waals surface area (Å²) >= 11 is 0. The van der Waals surface area contributed by atoms with Gasteiger partial charge >= 0.3 is 12.4 Å². The molecule has 2 aromatic rings. The van der Waals surface area contributed by atoms with Gasteiger partial charge in [-0.05, 0) is 44.0 Å². The summed E-state index contributed by atoms with van der Waals surface area (Å²) in [6.45, 7) is 3.65. The van der Waals surface area contributed by atoms with Gasteiger partial charge in [-0.3, -0.25) is 19.3 Å². The van der Waals surface area contributed by atoms with Gasteiger partial charge in [0.1, 0.15) is 13.1 Å². The first-order valence-electron chi connectivity index (χ1n) is 12.2. The van der Waals surface area contributed by atoms with Crippen molar-refractivity contribution in [1.29, 1.82) is 0 Å². The van der Waals surface area contributed by atoms with Crippen LogP contribution in [0.2, 0.25) is 0 Å². The number of benzene rings is 2. The SMILES string of the molecule is CCC(=O)N(CC(=O)NCC(F)(F)F)C(=O)c1ccc(C2=NOC(c3cc(C)cc(C)c3)(C(F)(F)F)C2)cc1C. The summed E-state index contributed by atoms with van der Waals surface area (Å²) in [6, 6.07) is 8.47. The van der Waals surface area contributed by atoms with Crippen molar-refractivity contribution in [3.8, 4) is 0 Å². The molecular formula is C27H27F6N3O4. The number of carbonyl (C=O) groups is 3. The van der Waals surface area contributed by atoms with Gasteiger partial charge in [0, 0.05) is 24.0 Å². The molecule has 0 spiro atoms. The van der Waals surface area contributed by atoms with Crippen molar-refractivity contribution in [2.24, 2.45) is 5.16 Å². The van der Waals surface area contributed by atoms with Crippen LogP contribution in [-0.4, -0.2) is 53.8 Å². The fourth-order valence-corrected chi connectivity index (χ4v) is 4.36. The molecule has 1 heterocycles. The minimum atomic E-state index is -4.81. The molecule has 40 heavy (non-hydrogen) atoms. The van der Waals surface area contributed by atoms with Crippen molar-refractivity contribution in [2.75, 3.05) is 13.1 Å². The highest BCUT2D eigenvalue weighted by Crippen LogP contribution is 2.49. The fourth-order valence-electron chi connectivity index (χ4n) is 4.36. The maximum atomic E-state index is 14.4. The molecule has 1 unspecified atom stereocenters. The summed E-state index contributed by atoms with van der Waals surface area (Å²) in [4.78, 5) is 43.1. The zero-order valence-corrected chi connectivity index (χ0v) is 22.1. The van der Waals surface area contributed by atoms with Crippen LogP contribution in [0, 0.1) is 20.8 Å². The molecule has 0 fully saturated rings. The molecule has 216 valence electrons. The molecule has 0 aromatic heterocycles. The number of rotatable bonds is 7. The van der Waals surface area contributed by atoms with Crippen LogP contribution in [0.15, 0.2) is 41.6 Å². The van der Waals surface area contributed by atoms with Gasteiger partial charge in [-0.15, -0.1) is 0 Å². The Morgan fingerprint density at radius 3 is 2.15 bits per heavy atom. The number of aryl methyl sites for hydroxylation is 3. The van der Waals surface area contributed by atoms with E-state index in [1.54, 1.807) is 25.2 Å². The third kappa shape index (κ3) is 6.62. The number of alkyl halides is 6. The van der Waals surface area contributed by atoms with E-state index in [-0.39, 0.29) is 34.4 Å². The summed E-state index contributed by atoms with van der Waals surface area (Å²) < 4.78 is 80.3. The van der Waals surface area contributed by atoms with E-state index in [0.29, 0.717) is 16.0 Å². The van der Waals surface area contributed by atoms with Gasteiger partial charge in [0.15, 0.2) is 0 Å². The van der Waals surface area contributed by atoms with E-state index in [2.05, 4.69) is 5.16 Å². The summed E-state index contributed by atoms with van der Waals surface area (Å²) in [5.41, 5.74) is -1.18. The highest BCUT2D eigenvalue weighted by molar-refractivity contribution is 6.08. The van der Waals surface area contributed by atoms with Crippen LogP contribution in [0.25, 0.3) is 0 Å². The number of nitrogens with one attached hydrogen (secondary N) is 1. The third-order valence-corrected chi connectivity index (χ3v) is 6.30. The van der Waals surface area contributed by atoms with Crippen LogP contribution in [0.4, 0.5) is 26.3 Å². The largest absolute Gasteiger partial charge is 0.435 e. The van der Waals surface area contributed by atoms with Crippen LogP contribution < -0.4 is 5.32 Å². The summed E-state index contributed by atoms with van der Waals surface area (Å²) in [5.74, 6) is -2.93. The highest BCUT2D eigenvalue weighted by Gasteiger charge is 2.62. The van der Waals surface area contributed by atoms with Gasteiger partial charge < -0.3 is 10.2 Å². The zero-order valence-electron chi connectivity index (χ0n) is 22.1. The first kappa shape index (κ1) is 30.6. The number of halogens is 6. The molecule has 7 nitrogen and oxygen atoms in total. The number of nitrogens with zero attached hydrogens (tertiary/aromatic N) is 2. The van der Waals surface area contributed by atoms with Gasteiger partial charge in [-0.1, -0.05) is 47.5 Å². The molecule has 0 saturated carbocycles. The van der Waals surface area contributed by atoms with Gasteiger partial charge in [-0.2, -0.15) is 26.3 Å². The van der Waals surface area contributed by atoms with Crippen molar-refractivity contribution in [3.05, 3.63) is 69.8 Å². The Morgan fingerprint density at radius 1 is 1.00 bits per heavy atom. The topological polar surface area (TPSA) is 88.1 Å². The van der Waals surface area contributed by atoms with Crippen LogP contribution >= 0.6 is 0 Å². The van der Waals surface area contributed by atoms with Crippen molar-refractivity contribution in [3.63, 3.8) is 0 Å². The lowest BCUT2D eigenvalue weighted by Gasteiger charge is -2.30. The summed E-state index contributed by atoms with van der Waals surface area (Å²) in [6.07, 6.45) is -10.3. The Labute approximate surface area is 226 Å². The first-order valence-corrected chi connectivity index (χ1v) is 12.2. The van der Waals surface area contributed by atoms with Crippen molar-refractivity contribution in [2.45, 2.75) is 58.5 Å². The predicted molar refractivity (Wildman–Crippen MR) is 132 cm³/mol. The van der Waals surface area contributed by atoms with E-state index in [9.17, 15) is 40.7 Å². The van der Waals surface area contributed by atoms with Crippen molar-refractivity contribution < 1.29 is 45.6 Å². The van der Waals surface area contributed by atoms with E-state index in [1.807, 2.05) is 0 Å². The molecule has 1 N–H and O–H groups in total. The molecule has 0 bridgehead atoms. The lowest BCUT2D eigenvalue weighted by Crippen LogP contribution is -2.46. The van der Waals surface area contributed by atoms with Crippen LogP contribution in [0.5, 0.6) is 0 Å². The predicted octanol–water partition coefficient (Wildman–Crippen LogP) is 5.25. The van der Waals surface area contributed by atoms with E-state index < -0.39 is 55.2 Å². The van der Waals surface area contributed by atoms with Crippen LogP contribution in [-0.2, 0) is 20.0 Å².